The van der Waals surface area contributed by atoms with Crippen LogP contribution < -0.4 is 4.74 Å². The first-order chi connectivity index (χ1) is 12.7. The Balaban J connectivity index is 1.70. The van der Waals surface area contributed by atoms with Gasteiger partial charge in [0, 0.05) is 20.3 Å². The third kappa shape index (κ3) is 4.39. The van der Waals surface area contributed by atoms with E-state index in [1.807, 2.05) is 41.8 Å². The van der Waals surface area contributed by atoms with Gasteiger partial charge >= 0.3 is 0 Å². The summed E-state index contributed by atoms with van der Waals surface area (Å²) in [5, 5.41) is 7.19. The summed E-state index contributed by atoms with van der Waals surface area (Å²) < 4.78 is 13.8. The topological polar surface area (TPSA) is 52.1 Å². The van der Waals surface area contributed by atoms with Crippen molar-refractivity contribution in [2.24, 2.45) is 0 Å². The normalized spacial score (nSPS) is 12.1. The first kappa shape index (κ1) is 18.4. The zero-order valence-corrected chi connectivity index (χ0v) is 15.8. The molecule has 0 unspecified atom stereocenters. The van der Waals surface area contributed by atoms with Crippen LogP contribution in [-0.4, -0.2) is 28.5 Å². The van der Waals surface area contributed by atoms with Crippen LogP contribution in [0.3, 0.4) is 0 Å². The van der Waals surface area contributed by atoms with Crippen molar-refractivity contribution in [3.63, 3.8) is 0 Å². The first-order valence-electron chi connectivity index (χ1n) is 8.65. The van der Waals surface area contributed by atoms with Gasteiger partial charge in [0.1, 0.15) is 5.75 Å². The Labute approximate surface area is 158 Å². The largest absolute Gasteiger partial charge is 0.483 e. The molecule has 0 saturated heterocycles. The number of benzene rings is 2. The number of hydrogen-bond acceptors (Lipinski definition) is 4. The van der Waals surface area contributed by atoms with Crippen LogP contribution >= 0.6 is 12.2 Å². The Kier molecular flexibility index (Phi) is 6.20. The van der Waals surface area contributed by atoms with Crippen LogP contribution in [-0.2, 0) is 11.3 Å². The maximum atomic E-state index is 6.07. The van der Waals surface area contributed by atoms with E-state index < -0.39 is 0 Å². The summed E-state index contributed by atoms with van der Waals surface area (Å²) in [6.45, 7) is 3.41. The molecule has 1 aromatic heterocycles. The molecule has 1 N–H and O–H groups in total. The molecular formula is C20H23N3O2S. The predicted molar refractivity (Wildman–Crippen MR) is 105 cm³/mol. The highest BCUT2D eigenvalue weighted by Crippen LogP contribution is 2.25. The summed E-state index contributed by atoms with van der Waals surface area (Å²) in [5.41, 5.74) is 2.35. The van der Waals surface area contributed by atoms with Crippen LogP contribution in [0.25, 0.3) is 11.1 Å². The molecule has 26 heavy (non-hydrogen) atoms. The highest BCUT2D eigenvalue weighted by molar-refractivity contribution is 7.71. The molecule has 1 heterocycles. The van der Waals surface area contributed by atoms with Crippen molar-refractivity contribution in [3.8, 4) is 16.9 Å². The van der Waals surface area contributed by atoms with Crippen LogP contribution in [0.15, 0.2) is 54.6 Å². The van der Waals surface area contributed by atoms with Gasteiger partial charge in [0.15, 0.2) is 16.7 Å². The van der Waals surface area contributed by atoms with E-state index in [0.717, 1.165) is 30.1 Å². The van der Waals surface area contributed by atoms with Gasteiger partial charge in [0.05, 0.1) is 0 Å². The van der Waals surface area contributed by atoms with Crippen molar-refractivity contribution in [2.75, 3.05) is 13.7 Å². The number of H-pyrrole nitrogens is 1. The second-order valence-electron chi connectivity index (χ2n) is 6.04. The van der Waals surface area contributed by atoms with E-state index >= 15 is 0 Å². The SMILES string of the molecule is COCCCn1c([C@H](C)Oc2ccc(-c3ccccc3)cc2)n[nH]c1=S. The van der Waals surface area contributed by atoms with Gasteiger partial charge in [0.2, 0.25) is 0 Å². The minimum Gasteiger partial charge on any atom is -0.483 e. The molecule has 0 radical (unpaired) electrons. The first-order valence-corrected chi connectivity index (χ1v) is 9.06. The number of aromatic nitrogens is 3. The molecule has 136 valence electrons. The van der Waals surface area contributed by atoms with Gasteiger partial charge in [-0.2, -0.15) is 5.10 Å². The highest BCUT2D eigenvalue weighted by Gasteiger charge is 2.16. The summed E-state index contributed by atoms with van der Waals surface area (Å²) in [6.07, 6.45) is 0.656. The quantitative estimate of drug-likeness (QED) is 0.458. The molecule has 0 bridgehead atoms. The molecule has 0 aliphatic heterocycles. The minimum absolute atomic E-state index is 0.215. The molecule has 3 aromatic rings. The van der Waals surface area contributed by atoms with E-state index in [4.69, 9.17) is 21.7 Å². The predicted octanol–water partition coefficient (Wildman–Crippen LogP) is 4.78. The molecule has 1 atom stereocenters. The van der Waals surface area contributed by atoms with Crippen molar-refractivity contribution in [3.05, 3.63) is 65.2 Å². The van der Waals surface area contributed by atoms with Crippen molar-refractivity contribution in [2.45, 2.75) is 26.0 Å². The van der Waals surface area contributed by atoms with Crippen LogP contribution in [0.2, 0.25) is 0 Å². The average molecular weight is 369 g/mol. The third-order valence-corrected chi connectivity index (χ3v) is 4.47. The number of nitrogens with one attached hydrogen (secondary N) is 1. The number of rotatable bonds is 8. The van der Waals surface area contributed by atoms with Gasteiger partial charge in [-0.1, -0.05) is 42.5 Å². The van der Waals surface area contributed by atoms with Gasteiger partial charge in [-0.15, -0.1) is 0 Å². The molecule has 6 heteroatoms. The Bertz CT molecular complexity index is 872. The van der Waals surface area contributed by atoms with Crippen molar-refractivity contribution < 1.29 is 9.47 Å². The fourth-order valence-corrected chi connectivity index (χ4v) is 3.07. The zero-order chi connectivity index (χ0) is 18.4. The van der Waals surface area contributed by atoms with Crippen LogP contribution in [0.4, 0.5) is 0 Å². The van der Waals surface area contributed by atoms with Crippen LogP contribution in [0.1, 0.15) is 25.3 Å². The Morgan fingerprint density at radius 3 is 2.46 bits per heavy atom. The number of hydrogen-bond donors (Lipinski definition) is 1. The summed E-state index contributed by atoms with van der Waals surface area (Å²) in [4.78, 5) is 0. The molecule has 0 saturated carbocycles. The average Bonchev–Trinajstić information content (AvgIpc) is 3.04. The van der Waals surface area contributed by atoms with Crippen LogP contribution in [0.5, 0.6) is 5.75 Å². The smallest absolute Gasteiger partial charge is 0.195 e. The van der Waals surface area contributed by atoms with Crippen molar-refractivity contribution >= 4 is 12.2 Å². The van der Waals surface area contributed by atoms with Gasteiger partial charge in [0.25, 0.3) is 0 Å². The Morgan fingerprint density at radius 2 is 1.77 bits per heavy atom. The summed E-state index contributed by atoms with van der Waals surface area (Å²) in [5.74, 6) is 1.59. The lowest BCUT2D eigenvalue weighted by Gasteiger charge is -2.16. The Hall–Kier alpha value is -2.44. The lowest BCUT2D eigenvalue weighted by Crippen LogP contribution is -2.13. The molecule has 0 aliphatic carbocycles. The molecule has 2 aromatic carbocycles. The van der Waals surface area contributed by atoms with E-state index in [1.165, 1.54) is 5.56 Å². The lowest BCUT2D eigenvalue weighted by molar-refractivity contribution is 0.184. The van der Waals surface area contributed by atoms with E-state index in [0.29, 0.717) is 11.4 Å². The lowest BCUT2D eigenvalue weighted by atomic mass is 10.1. The maximum Gasteiger partial charge on any atom is 0.195 e. The maximum absolute atomic E-state index is 6.07. The van der Waals surface area contributed by atoms with Gasteiger partial charge in [-0.05, 0) is 48.8 Å². The molecular weight excluding hydrogens is 346 g/mol. The van der Waals surface area contributed by atoms with E-state index in [9.17, 15) is 0 Å². The van der Waals surface area contributed by atoms with E-state index in [2.05, 4.69) is 34.5 Å². The van der Waals surface area contributed by atoms with Gasteiger partial charge in [-0.25, -0.2) is 0 Å². The minimum atomic E-state index is -0.215. The second-order valence-corrected chi connectivity index (χ2v) is 6.42. The second kappa shape index (κ2) is 8.78. The number of methoxy groups -OCH3 is 1. The molecule has 0 amide bonds. The van der Waals surface area contributed by atoms with E-state index in [1.54, 1.807) is 7.11 Å². The van der Waals surface area contributed by atoms with Gasteiger partial charge in [-0.3, -0.25) is 5.10 Å². The fraction of sp³-hybridized carbons (Fsp3) is 0.300. The number of ether oxygens (including phenoxy) is 2. The number of aromatic amines is 1. The summed E-state index contributed by atoms with van der Waals surface area (Å²) in [7, 11) is 1.69. The third-order valence-electron chi connectivity index (χ3n) is 4.16. The van der Waals surface area contributed by atoms with Crippen molar-refractivity contribution in [1.29, 1.82) is 0 Å². The highest BCUT2D eigenvalue weighted by atomic mass is 32.1. The molecule has 5 nitrogen and oxygen atoms in total. The summed E-state index contributed by atoms with van der Waals surface area (Å²) in [6, 6.07) is 18.4. The van der Waals surface area contributed by atoms with Crippen LogP contribution in [0, 0.1) is 4.77 Å². The van der Waals surface area contributed by atoms with Gasteiger partial charge < -0.3 is 14.0 Å². The summed E-state index contributed by atoms with van der Waals surface area (Å²) >= 11 is 5.33. The van der Waals surface area contributed by atoms with Crippen molar-refractivity contribution in [1.82, 2.24) is 14.8 Å². The molecule has 0 aliphatic rings. The number of nitrogens with zero attached hydrogens (tertiary/aromatic N) is 2. The standard InChI is InChI=1S/C20H23N3O2S/c1-15(19-21-22-20(26)23(19)13-6-14-24-2)25-18-11-9-17(10-12-18)16-7-4-3-5-8-16/h3-5,7-12,15H,6,13-14H2,1-2H3,(H,22,26)/t15-/m0/s1. The van der Waals surface area contributed by atoms with E-state index in [-0.39, 0.29) is 6.10 Å². The Morgan fingerprint density at radius 1 is 1.08 bits per heavy atom. The zero-order valence-electron chi connectivity index (χ0n) is 15.0. The fourth-order valence-electron chi connectivity index (χ4n) is 2.84. The molecule has 3 rings (SSSR count). The molecule has 0 spiro atoms. The molecule has 0 fully saturated rings. The monoisotopic (exact) mass is 369 g/mol.